The summed E-state index contributed by atoms with van der Waals surface area (Å²) in [5.74, 6) is 0.443. The zero-order valence-electron chi connectivity index (χ0n) is 20.1. The van der Waals surface area contributed by atoms with Gasteiger partial charge in [-0.2, -0.15) is 0 Å². The van der Waals surface area contributed by atoms with Gasteiger partial charge in [-0.25, -0.2) is 9.78 Å². The van der Waals surface area contributed by atoms with Gasteiger partial charge >= 0.3 is 25.0 Å². The van der Waals surface area contributed by atoms with Crippen LogP contribution in [0.3, 0.4) is 0 Å². The van der Waals surface area contributed by atoms with E-state index in [0.717, 1.165) is 6.04 Å². The number of carbonyl (C=O) groups excluding carboxylic acids is 1. The molecular formula is C20H35LiN2O6Si. The van der Waals surface area contributed by atoms with Crippen molar-refractivity contribution in [2.75, 3.05) is 27.6 Å². The van der Waals surface area contributed by atoms with E-state index in [0.29, 0.717) is 6.61 Å². The van der Waals surface area contributed by atoms with Crippen LogP contribution in [0.2, 0.25) is 25.7 Å². The molecule has 0 aliphatic carbocycles. The average molecular weight is 435 g/mol. The second-order valence-electron chi connectivity index (χ2n) is 8.36. The van der Waals surface area contributed by atoms with Crippen LogP contribution in [0.1, 0.15) is 27.7 Å². The molecule has 0 saturated heterocycles. The molecule has 0 bridgehead atoms. The first-order valence-corrected chi connectivity index (χ1v) is 13.5. The molecule has 0 atom stereocenters. The van der Waals surface area contributed by atoms with Crippen LogP contribution >= 0.6 is 0 Å². The first-order chi connectivity index (χ1) is 13.5. The van der Waals surface area contributed by atoms with Gasteiger partial charge in [-0.3, -0.25) is 0 Å². The van der Waals surface area contributed by atoms with Gasteiger partial charge in [0.25, 0.3) is 0 Å². The maximum absolute atomic E-state index is 12.7. The molecule has 1 aromatic heterocycles. The minimum absolute atomic E-state index is 0. The van der Waals surface area contributed by atoms with E-state index in [4.69, 9.17) is 23.7 Å². The van der Waals surface area contributed by atoms with Crippen molar-refractivity contribution in [2.45, 2.75) is 65.5 Å². The van der Waals surface area contributed by atoms with Crippen LogP contribution in [0.25, 0.3) is 0 Å². The zero-order valence-corrected chi connectivity index (χ0v) is 21.1. The van der Waals surface area contributed by atoms with E-state index in [1.807, 2.05) is 27.7 Å². The second kappa shape index (κ2) is 13.1. The molecule has 0 N–H and O–H groups in total. The first-order valence-electron chi connectivity index (χ1n) is 9.76. The quantitative estimate of drug-likeness (QED) is 0.224. The Labute approximate surface area is 193 Å². The summed E-state index contributed by atoms with van der Waals surface area (Å²) >= 11 is 0. The Kier molecular flexibility index (Phi) is 12.5. The van der Waals surface area contributed by atoms with Crippen LogP contribution in [-0.4, -0.2) is 63.8 Å². The molecule has 1 heterocycles. The Morgan fingerprint density at radius 1 is 1.10 bits per heavy atom. The van der Waals surface area contributed by atoms with E-state index >= 15 is 0 Å². The molecular weight excluding hydrogens is 399 g/mol. The van der Waals surface area contributed by atoms with Crippen LogP contribution in [0.15, 0.2) is 0 Å². The van der Waals surface area contributed by atoms with E-state index in [2.05, 4.69) is 30.7 Å². The van der Waals surface area contributed by atoms with Crippen molar-refractivity contribution >= 4 is 14.2 Å². The van der Waals surface area contributed by atoms with Gasteiger partial charge in [0.1, 0.15) is 5.88 Å². The maximum Gasteiger partial charge on any atom is 1.00 e. The Balaban J connectivity index is 0.00000841. The van der Waals surface area contributed by atoms with Crippen LogP contribution in [-0.2, 0) is 4.74 Å². The normalized spacial score (nSPS) is 11.2. The van der Waals surface area contributed by atoms with Gasteiger partial charge in [-0.15, -0.1) is 6.07 Å². The summed E-state index contributed by atoms with van der Waals surface area (Å²) in [5, 5.41) is 0. The summed E-state index contributed by atoms with van der Waals surface area (Å²) in [7, 11) is 1.71. The third kappa shape index (κ3) is 9.17. The average Bonchev–Trinajstić information content (AvgIpc) is 2.59. The van der Waals surface area contributed by atoms with Gasteiger partial charge in [0, 0.05) is 32.5 Å². The number of hydrogen-bond donors (Lipinski definition) is 0. The summed E-state index contributed by atoms with van der Waals surface area (Å²) in [6.07, 6.45) is -0.518. The Bertz CT molecular complexity index is 659. The third-order valence-electron chi connectivity index (χ3n) is 4.01. The van der Waals surface area contributed by atoms with Crippen LogP contribution < -0.4 is 37.8 Å². The van der Waals surface area contributed by atoms with E-state index in [-0.39, 0.29) is 61.0 Å². The van der Waals surface area contributed by atoms with Crippen molar-refractivity contribution < 1.29 is 47.3 Å². The molecule has 8 nitrogen and oxygen atoms in total. The molecule has 0 aliphatic rings. The van der Waals surface area contributed by atoms with Gasteiger partial charge in [0.2, 0.25) is 0 Å². The number of ether oxygens (including phenoxy) is 5. The van der Waals surface area contributed by atoms with Crippen molar-refractivity contribution in [1.29, 1.82) is 0 Å². The smallest absolute Gasteiger partial charge is 0.573 e. The van der Waals surface area contributed by atoms with E-state index in [9.17, 15) is 4.79 Å². The summed E-state index contributed by atoms with van der Waals surface area (Å²) in [6.45, 7) is 15.1. The SMILES string of the molecule is COc1nc(OCOCC[Si](C)(C)C)[c-]c(OC(=O)N(C(C)C)C(C)C)c1OC.[Li+]. The summed E-state index contributed by atoms with van der Waals surface area (Å²) < 4.78 is 27.2. The fraction of sp³-hybridized carbons (Fsp3) is 0.700. The molecule has 0 spiro atoms. The molecule has 10 heteroatoms. The number of amides is 1. The molecule has 1 rings (SSSR count). The molecule has 0 aromatic carbocycles. The number of rotatable bonds is 11. The standard InChI is InChI=1S/C20H35N2O6Si.Li/c1-14(2)22(15(3)4)20(23)28-16-12-17(21-19(25-6)18(16)24-5)27-13-26-10-11-29(7,8)9;/h14-15H,10-11,13H2,1-9H3;/q-1;+1. The number of pyridine rings is 1. The fourth-order valence-electron chi connectivity index (χ4n) is 2.57. The molecule has 0 radical (unpaired) electrons. The van der Waals surface area contributed by atoms with Crippen molar-refractivity contribution in [3.05, 3.63) is 6.07 Å². The Morgan fingerprint density at radius 3 is 2.17 bits per heavy atom. The predicted molar refractivity (Wildman–Crippen MR) is 114 cm³/mol. The maximum atomic E-state index is 12.7. The molecule has 0 aliphatic heterocycles. The van der Waals surface area contributed by atoms with Crippen LogP contribution in [0.5, 0.6) is 23.3 Å². The van der Waals surface area contributed by atoms with Gasteiger partial charge in [0.15, 0.2) is 12.7 Å². The molecule has 0 unspecified atom stereocenters. The molecule has 1 amide bonds. The zero-order chi connectivity index (χ0) is 22.2. The molecule has 30 heavy (non-hydrogen) atoms. The number of methoxy groups -OCH3 is 2. The summed E-state index contributed by atoms with van der Waals surface area (Å²) in [4.78, 5) is 18.5. The van der Waals surface area contributed by atoms with Gasteiger partial charge in [-0.1, -0.05) is 19.6 Å². The van der Waals surface area contributed by atoms with Gasteiger partial charge in [0.05, 0.1) is 20.0 Å². The van der Waals surface area contributed by atoms with Crippen molar-refractivity contribution in [3.63, 3.8) is 0 Å². The summed E-state index contributed by atoms with van der Waals surface area (Å²) in [6, 6.07) is 3.79. The number of hydrogen-bond acceptors (Lipinski definition) is 7. The minimum atomic E-state index is -1.17. The van der Waals surface area contributed by atoms with E-state index < -0.39 is 14.2 Å². The topological polar surface area (TPSA) is 79.3 Å². The van der Waals surface area contributed by atoms with Crippen molar-refractivity contribution in [1.82, 2.24) is 9.88 Å². The fourth-order valence-corrected chi connectivity index (χ4v) is 3.33. The second-order valence-corrected chi connectivity index (χ2v) is 14.0. The summed E-state index contributed by atoms with van der Waals surface area (Å²) in [5.41, 5.74) is 0. The molecule has 166 valence electrons. The third-order valence-corrected chi connectivity index (χ3v) is 5.71. The molecule has 1 aromatic rings. The number of aromatic nitrogens is 1. The Morgan fingerprint density at radius 2 is 1.70 bits per heavy atom. The van der Waals surface area contributed by atoms with E-state index in [1.54, 1.807) is 4.90 Å². The Hall–Kier alpha value is -1.41. The van der Waals surface area contributed by atoms with E-state index in [1.165, 1.54) is 14.2 Å². The van der Waals surface area contributed by atoms with Crippen molar-refractivity contribution in [2.24, 2.45) is 0 Å². The van der Waals surface area contributed by atoms with Crippen LogP contribution in [0.4, 0.5) is 4.79 Å². The first kappa shape index (κ1) is 28.6. The monoisotopic (exact) mass is 434 g/mol. The molecule has 0 fully saturated rings. The number of carbonyl (C=O) groups is 1. The van der Waals surface area contributed by atoms with Crippen LogP contribution in [0, 0.1) is 6.07 Å². The minimum Gasteiger partial charge on any atom is -0.573 e. The molecule has 0 saturated carbocycles. The number of nitrogens with zero attached hydrogens (tertiary/aromatic N) is 2. The largest absolute Gasteiger partial charge is 1.00 e. The van der Waals surface area contributed by atoms with Crippen molar-refractivity contribution in [3.8, 4) is 23.3 Å². The van der Waals surface area contributed by atoms with Gasteiger partial charge < -0.3 is 28.6 Å². The van der Waals surface area contributed by atoms with Gasteiger partial charge in [-0.05, 0) is 33.7 Å². The predicted octanol–water partition coefficient (Wildman–Crippen LogP) is 1.21.